The number of hydrogen-bond donors (Lipinski definition) is 1. The van der Waals surface area contributed by atoms with Gasteiger partial charge in [0.05, 0.1) is 5.69 Å². The molecular weight excluding hydrogens is 336 g/mol. The van der Waals surface area contributed by atoms with Crippen molar-refractivity contribution < 1.29 is 4.79 Å². The summed E-state index contributed by atoms with van der Waals surface area (Å²) in [6.45, 7) is 9.06. The third-order valence-corrected chi connectivity index (χ3v) is 5.91. The maximum atomic E-state index is 13.5. The number of fused-ring (bicyclic) bond motifs is 1. The third kappa shape index (κ3) is 3.29. The second-order valence-electron chi connectivity index (χ2n) is 7.97. The van der Waals surface area contributed by atoms with Gasteiger partial charge in [0.1, 0.15) is 0 Å². The molecular formula is C22H30N4O. The van der Waals surface area contributed by atoms with E-state index >= 15 is 0 Å². The first-order chi connectivity index (χ1) is 13.1. The number of carbonyl (C=O) groups excluding carboxylic acids is 1. The molecule has 1 saturated heterocycles. The van der Waals surface area contributed by atoms with Crippen LogP contribution in [0.5, 0.6) is 0 Å². The van der Waals surface area contributed by atoms with E-state index in [1.807, 2.05) is 4.68 Å². The van der Waals surface area contributed by atoms with Crippen LogP contribution in [0.3, 0.4) is 0 Å². The number of hydrogen-bond acceptors (Lipinski definition) is 3. The molecule has 5 heteroatoms. The normalized spacial score (nSPS) is 18.7. The second-order valence-corrected chi connectivity index (χ2v) is 7.97. The molecule has 5 nitrogen and oxygen atoms in total. The van der Waals surface area contributed by atoms with E-state index in [0.29, 0.717) is 11.7 Å². The first kappa shape index (κ1) is 18.2. The fourth-order valence-corrected chi connectivity index (χ4v) is 4.58. The lowest BCUT2D eigenvalue weighted by Crippen LogP contribution is -2.42. The van der Waals surface area contributed by atoms with E-state index in [4.69, 9.17) is 5.10 Å². The van der Waals surface area contributed by atoms with Crippen LogP contribution >= 0.6 is 0 Å². The van der Waals surface area contributed by atoms with Crippen LogP contribution in [-0.4, -0.2) is 46.3 Å². The zero-order chi connectivity index (χ0) is 19.0. The maximum absolute atomic E-state index is 13.5. The smallest absolute Gasteiger partial charge is 0.274 e. The molecule has 2 aromatic rings. The first-order valence-electron chi connectivity index (χ1n) is 10.3. The molecule has 1 amide bonds. The Kier molecular flexibility index (Phi) is 5.04. The van der Waals surface area contributed by atoms with E-state index in [0.717, 1.165) is 57.4 Å². The maximum Gasteiger partial charge on any atom is 0.274 e. The van der Waals surface area contributed by atoms with E-state index in [9.17, 15) is 4.79 Å². The van der Waals surface area contributed by atoms with Crippen LogP contribution < -0.4 is 5.32 Å². The van der Waals surface area contributed by atoms with Crippen molar-refractivity contribution >= 4 is 5.91 Å². The molecule has 1 aromatic heterocycles. The quantitative estimate of drug-likeness (QED) is 0.884. The SMILES string of the molecule is CCCN(C(=O)c1nn(-c2ccc(C)cc2C)c2c1CCC2)C1CCNC1. The van der Waals surface area contributed by atoms with Crippen molar-refractivity contribution in [2.75, 3.05) is 19.6 Å². The molecule has 2 heterocycles. The van der Waals surface area contributed by atoms with Gasteiger partial charge in [-0.15, -0.1) is 0 Å². The molecule has 4 rings (SSSR count). The van der Waals surface area contributed by atoms with E-state index < -0.39 is 0 Å². The van der Waals surface area contributed by atoms with Crippen LogP contribution in [0.15, 0.2) is 18.2 Å². The van der Waals surface area contributed by atoms with E-state index in [-0.39, 0.29) is 5.91 Å². The monoisotopic (exact) mass is 366 g/mol. The Morgan fingerprint density at radius 2 is 2.19 bits per heavy atom. The lowest BCUT2D eigenvalue weighted by atomic mass is 10.1. The second kappa shape index (κ2) is 7.47. The Morgan fingerprint density at radius 3 is 2.89 bits per heavy atom. The van der Waals surface area contributed by atoms with Crippen molar-refractivity contribution in [1.82, 2.24) is 20.0 Å². The van der Waals surface area contributed by atoms with Gasteiger partial charge in [0, 0.05) is 30.4 Å². The van der Waals surface area contributed by atoms with Gasteiger partial charge in [-0.2, -0.15) is 5.10 Å². The predicted molar refractivity (Wildman–Crippen MR) is 108 cm³/mol. The number of benzene rings is 1. The highest BCUT2D eigenvalue weighted by atomic mass is 16.2. The lowest BCUT2D eigenvalue weighted by Gasteiger charge is -2.27. The largest absolute Gasteiger partial charge is 0.333 e. The number of carbonyl (C=O) groups is 1. The Bertz CT molecular complexity index is 848. The molecule has 1 aromatic carbocycles. The van der Waals surface area contributed by atoms with Crippen LogP contribution in [0.25, 0.3) is 5.69 Å². The summed E-state index contributed by atoms with van der Waals surface area (Å²) in [6, 6.07) is 6.74. The summed E-state index contributed by atoms with van der Waals surface area (Å²) in [5.74, 6) is 0.118. The van der Waals surface area contributed by atoms with Gasteiger partial charge >= 0.3 is 0 Å². The first-order valence-corrected chi connectivity index (χ1v) is 10.3. The summed E-state index contributed by atoms with van der Waals surface area (Å²) >= 11 is 0. The molecule has 1 unspecified atom stereocenters. The van der Waals surface area contributed by atoms with Gasteiger partial charge in [0.25, 0.3) is 5.91 Å². The number of nitrogens with one attached hydrogen (secondary N) is 1. The molecule has 1 aliphatic heterocycles. The molecule has 1 N–H and O–H groups in total. The van der Waals surface area contributed by atoms with Crippen molar-refractivity contribution in [2.24, 2.45) is 0 Å². The zero-order valence-corrected chi connectivity index (χ0v) is 16.7. The molecule has 0 spiro atoms. The van der Waals surface area contributed by atoms with Gasteiger partial charge in [-0.1, -0.05) is 24.6 Å². The minimum Gasteiger partial charge on any atom is -0.333 e. The van der Waals surface area contributed by atoms with E-state index in [1.165, 1.54) is 22.4 Å². The Morgan fingerprint density at radius 1 is 1.33 bits per heavy atom. The molecule has 0 radical (unpaired) electrons. The Hall–Kier alpha value is -2.14. The van der Waals surface area contributed by atoms with Gasteiger partial charge in [-0.3, -0.25) is 4.79 Å². The van der Waals surface area contributed by atoms with Crippen LogP contribution in [-0.2, 0) is 12.8 Å². The van der Waals surface area contributed by atoms with E-state index in [1.54, 1.807) is 0 Å². The molecule has 1 fully saturated rings. The molecule has 0 saturated carbocycles. The summed E-state index contributed by atoms with van der Waals surface area (Å²) in [6.07, 6.45) is 5.08. The van der Waals surface area contributed by atoms with Gasteiger partial charge in [0.2, 0.25) is 0 Å². The summed E-state index contributed by atoms with van der Waals surface area (Å²) < 4.78 is 2.04. The fourth-order valence-electron chi connectivity index (χ4n) is 4.58. The van der Waals surface area contributed by atoms with Crippen LogP contribution in [0.1, 0.15) is 59.1 Å². The average molecular weight is 367 g/mol. The minimum absolute atomic E-state index is 0.118. The van der Waals surface area contributed by atoms with Crippen molar-refractivity contribution in [3.05, 3.63) is 46.3 Å². The Balaban J connectivity index is 1.74. The van der Waals surface area contributed by atoms with Crippen molar-refractivity contribution in [3.63, 3.8) is 0 Å². The molecule has 2 aliphatic rings. The van der Waals surface area contributed by atoms with Gasteiger partial charge in [-0.25, -0.2) is 4.68 Å². The topological polar surface area (TPSA) is 50.2 Å². The number of amides is 1. The predicted octanol–water partition coefficient (Wildman–Crippen LogP) is 3.19. The minimum atomic E-state index is 0.118. The number of aryl methyl sites for hydroxylation is 2. The fraction of sp³-hybridized carbons (Fsp3) is 0.545. The van der Waals surface area contributed by atoms with Crippen molar-refractivity contribution in [3.8, 4) is 5.69 Å². The number of nitrogens with zero attached hydrogens (tertiary/aromatic N) is 3. The average Bonchev–Trinajstić information content (AvgIpc) is 3.37. The third-order valence-electron chi connectivity index (χ3n) is 5.91. The van der Waals surface area contributed by atoms with Gasteiger partial charge in [-0.05, 0) is 64.1 Å². The molecule has 0 bridgehead atoms. The highest BCUT2D eigenvalue weighted by Gasteiger charge is 2.33. The zero-order valence-electron chi connectivity index (χ0n) is 16.7. The number of aromatic nitrogens is 2. The van der Waals surface area contributed by atoms with Crippen LogP contribution in [0, 0.1) is 13.8 Å². The van der Waals surface area contributed by atoms with Gasteiger partial charge < -0.3 is 10.2 Å². The van der Waals surface area contributed by atoms with Crippen molar-refractivity contribution in [1.29, 1.82) is 0 Å². The molecule has 144 valence electrons. The summed E-state index contributed by atoms with van der Waals surface area (Å²) in [5.41, 5.74) is 6.64. The molecule has 1 aliphatic carbocycles. The van der Waals surface area contributed by atoms with Gasteiger partial charge in [0.15, 0.2) is 5.69 Å². The van der Waals surface area contributed by atoms with Crippen LogP contribution in [0.2, 0.25) is 0 Å². The van der Waals surface area contributed by atoms with Crippen LogP contribution in [0.4, 0.5) is 0 Å². The number of rotatable bonds is 5. The summed E-state index contributed by atoms with van der Waals surface area (Å²) in [7, 11) is 0. The van der Waals surface area contributed by atoms with Crippen molar-refractivity contribution in [2.45, 2.75) is 58.9 Å². The molecule has 1 atom stereocenters. The Labute approximate surface area is 161 Å². The van der Waals surface area contributed by atoms with E-state index in [2.05, 4.69) is 49.2 Å². The summed E-state index contributed by atoms with van der Waals surface area (Å²) in [5, 5.41) is 8.27. The lowest BCUT2D eigenvalue weighted by molar-refractivity contribution is 0.0684. The molecule has 27 heavy (non-hydrogen) atoms. The highest BCUT2D eigenvalue weighted by Crippen LogP contribution is 2.30. The standard InChI is InChI=1S/C22H30N4O/c1-4-12-25(17-10-11-23-14-17)22(27)21-18-6-5-7-20(18)26(24-21)19-9-8-15(2)13-16(19)3/h8-9,13,17,23H,4-7,10-12,14H2,1-3H3. The summed E-state index contributed by atoms with van der Waals surface area (Å²) in [4.78, 5) is 15.6. The highest BCUT2D eigenvalue weighted by molar-refractivity contribution is 5.94.